The smallest absolute Gasteiger partial charge is 0.380 e. The molecule has 0 atom stereocenters. The van der Waals surface area contributed by atoms with Gasteiger partial charge in [0, 0.05) is 6.54 Å². The fourth-order valence-corrected chi connectivity index (χ4v) is 2.12. The predicted octanol–water partition coefficient (Wildman–Crippen LogP) is 4.78. The van der Waals surface area contributed by atoms with Gasteiger partial charge in [-0.15, -0.1) is 0 Å². The molecule has 20 heavy (non-hydrogen) atoms. The number of rotatable bonds is 3. The molecule has 0 bridgehead atoms. The first-order chi connectivity index (χ1) is 9.36. The van der Waals surface area contributed by atoms with Crippen LogP contribution in [0.2, 0.25) is 0 Å². The minimum absolute atomic E-state index is 0.447. The standard InChI is InChI=1S/C14H12BrF3N2/c1-9-12(6-7-13(15)20-9)19-8-10-2-4-11(5-3-10)14(16,17)18/h2-7,19H,8H2,1H3. The molecule has 6 heteroatoms. The zero-order valence-electron chi connectivity index (χ0n) is 10.6. The molecule has 0 amide bonds. The average molecular weight is 345 g/mol. The third-order valence-electron chi connectivity index (χ3n) is 2.82. The molecule has 0 aliphatic rings. The van der Waals surface area contributed by atoms with Crippen molar-refractivity contribution in [1.29, 1.82) is 0 Å². The molecule has 2 rings (SSSR count). The van der Waals surface area contributed by atoms with Crippen molar-refractivity contribution in [2.45, 2.75) is 19.6 Å². The van der Waals surface area contributed by atoms with Crippen LogP contribution in [-0.2, 0) is 12.7 Å². The van der Waals surface area contributed by atoms with Gasteiger partial charge in [0.25, 0.3) is 0 Å². The molecule has 0 fully saturated rings. The number of hydrogen-bond donors (Lipinski definition) is 1. The lowest BCUT2D eigenvalue weighted by molar-refractivity contribution is -0.137. The molecule has 1 aromatic heterocycles. The number of halogens is 4. The molecule has 2 nitrogen and oxygen atoms in total. The summed E-state index contributed by atoms with van der Waals surface area (Å²) < 4.78 is 38.0. The van der Waals surface area contributed by atoms with Crippen LogP contribution in [-0.4, -0.2) is 4.98 Å². The molecule has 1 aromatic carbocycles. The monoisotopic (exact) mass is 344 g/mol. The van der Waals surface area contributed by atoms with Crippen LogP contribution >= 0.6 is 15.9 Å². The van der Waals surface area contributed by atoms with E-state index in [2.05, 4.69) is 26.2 Å². The molecule has 2 aromatic rings. The van der Waals surface area contributed by atoms with Crippen LogP contribution in [0, 0.1) is 6.92 Å². The summed E-state index contributed by atoms with van der Waals surface area (Å²) in [6, 6.07) is 8.79. The Morgan fingerprint density at radius 3 is 2.30 bits per heavy atom. The first-order valence-corrected chi connectivity index (χ1v) is 6.69. The Morgan fingerprint density at radius 2 is 1.75 bits per heavy atom. The molecular formula is C14H12BrF3N2. The number of nitrogens with zero attached hydrogens (tertiary/aromatic N) is 1. The second-order valence-electron chi connectivity index (χ2n) is 4.32. The number of nitrogens with one attached hydrogen (secondary N) is 1. The minimum atomic E-state index is -4.29. The van der Waals surface area contributed by atoms with E-state index in [0.717, 1.165) is 33.7 Å². The Labute approximate surface area is 123 Å². The number of anilines is 1. The van der Waals surface area contributed by atoms with Crippen molar-refractivity contribution in [3.05, 3.63) is 57.8 Å². The Balaban J connectivity index is 2.04. The predicted molar refractivity (Wildman–Crippen MR) is 75.4 cm³/mol. The molecule has 0 saturated heterocycles. The maximum atomic E-state index is 12.4. The van der Waals surface area contributed by atoms with Crippen LogP contribution < -0.4 is 5.32 Å². The van der Waals surface area contributed by atoms with Crippen molar-refractivity contribution in [3.63, 3.8) is 0 Å². The van der Waals surface area contributed by atoms with Gasteiger partial charge in [-0.1, -0.05) is 12.1 Å². The highest BCUT2D eigenvalue weighted by Crippen LogP contribution is 2.29. The number of hydrogen-bond acceptors (Lipinski definition) is 2. The second-order valence-corrected chi connectivity index (χ2v) is 5.13. The normalized spacial score (nSPS) is 11.4. The lowest BCUT2D eigenvalue weighted by Gasteiger charge is -2.10. The van der Waals surface area contributed by atoms with Gasteiger partial charge in [-0.2, -0.15) is 13.2 Å². The van der Waals surface area contributed by atoms with Crippen molar-refractivity contribution < 1.29 is 13.2 Å². The van der Waals surface area contributed by atoms with E-state index in [-0.39, 0.29) is 0 Å². The Morgan fingerprint density at radius 1 is 1.10 bits per heavy atom. The van der Waals surface area contributed by atoms with E-state index in [1.165, 1.54) is 12.1 Å². The molecule has 0 radical (unpaired) electrons. The quantitative estimate of drug-likeness (QED) is 0.810. The highest BCUT2D eigenvalue weighted by molar-refractivity contribution is 9.10. The van der Waals surface area contributed by atoms with Gasteiger partial charge >= 0.3 is 6.18 Å². The molecule has 0 aliphatic heterocycles. The number of alkyl halides is 3. The van der Waals surface area contributed by atoms with Gasteiger partial charge in [0.1, 0.15) is 4.60 Å². The van der Waals surface area contributed by atoms with Crippen molar-refractivity contribution >= 4 is 21.6 Å². The minimum Gasteiger partial charge on any atom is -0.380 e. The third-order valence-corrected chi connectivity index (χ3v) is 3.26. The number of aromatic nitrogens is 1. The molecule has 1 N–H and O–H groups in total. The summed E-state index contributed by atoms with van der Waals surface area (Å²) in [6.07, 6.45) is -4.29. The summed E-state index contributed by atoms with van der Waals surface area (Å²) in [5.41, 5.74) is 1.82. The number of aryl methyl sites for hydroxylation is 1. The van der Waals surface area contributed by atoms with Gasteiger partial charge < -0.3 is 5.32 Å². The molecule has 0 spiro atoms. The summed E-state index contributed by atoms with van der Waals surface area (Å²) in [5.74, 6) is 0. The zero-order chi connectivity index (χ0) is 14.8. The highest BCUT2D eigenvalue weighted by atomic mass is 79.9. The van der Waals surface area contributed by atoms with Crippen LogP contribution in [0.4, 0.5) is 18.9 Å². The van der Waals surface area contributed by atoms with Gasteiger partial charge in [0.2, 0.25) is 0 Å². The fourth-order valence-electron chi connectivity index (χ4n) is 1.73. The van der Waals surface area contributed by atoms with Crippen LogP contribution in [0.3, 0.4) is 0 Å². The van der Waals surface area contributed by atoms with Crippen LogP contribution in [0.5, 0.6) is 0 Å². The van der Waals surface area contributed by atoms with E-state index < -0.39 is 11.7 Å². The molecule has 0 unspecified atom stereocenters. The largest absolute Gasteiger partial charge is 0.416 e. The average Bonchev–Trinajstić information content (AvgIpc) is 2.37. The lowest BCUT2D eigenvalue weighted by atomic mass is 10.1. The first-order valence-electron chi connectivity index (χ1n) is 5.89. The van der Waals surface area contributed by atoms with Gasteiger partial charge in [-0.3, -0.25) is 0 Å². The van der Waals surface area contributed by atoms with Gasteiger partial charge in [0.15, 0.2) is 0 Å². The number of benzene rings is 1. The van der Waals surface area contributed by atoms with E-state index in [1.807, 2.05) is 19.1 Å². The summed E-state index contributed by atoms with van der Waals surface area (Å²) in [7, 11) is 0. The third kappa shape index (κ3) is 3.72. The van der Waals surface area contributed by atoms with Crippen LogP contribution in [0.25, 0.3) is 0 Å². The second kappa shape index (κ2) is 5.83. The van der Waals surface area contributed by atoms with Crippen molar-refractivity contribution in [2.24, 2.45) is 0 Å². The molecule has 0 aliphatic carbocycles. The molecule has 0 saturated carbocycles. The molecular weight excluding hydrogens is 333 g/mol. The summed E-state index contributed by atoms with van der Waals surface area (Å²) in [4.78, 5) is 4.24. The zero-order valence-corrected chi connectivity index (χ0v) is 12.2. The first kappa shape index (κ1) is 14.8. The van der Waals surface area contributed by atoms with Crippen molar-refractivity contribution in [3.8, 4) is 0 Å². The Hall–Kier alpha value is -1.56. The van der Waals surface area contributed by atoms with E-state index in [9.17, 15) is 13.2 Å². The molecule has 106 valence electrons. The van der Waals surface area contributed by atoms with E-state index in [0.29, 0.717) is 6.54 Å². The van der Waals surface area contributed by atoms with Gasteiger partial charge in [-0.25, -0.2) is 4.98 Å². The number of pyridine rings is 1. The highest BCUT2D eigenvalue weighted by Gasteiger charge is 2.29. The van der Waals surface area contributed by atoms with E-state index >= 15 is 0 Å². The van der Waals surface area contributed by atoms with Crippen LogP contribution in [0.15, 0.2) is 41.0 Å². The van der Waals surface area contributed by atoms with Gasteiger partial charge in [-0.05, 0) is 52.7 Å². The summed E-state index contributed by atoms with van der Waals surface area (Å²) >= 11 is 3.27. The Kier molecular flexibility index (Phi) is 4.32. The summed E-state index contributed by atoms with van der Waals surface area (Å²) in [6.45, 7) is 2.31. The van der Waals surface area contributed by atoms with Crippen molar-refractivity contribution in [2.75, 3.05) is 5.32 Å². The topological polar surface area (TPSA) is 24.9 Å². The maximum absolute atomic E-state index is 12.4. The van der Waals surface area contributed by atoms with E-state index in [1.54, 1.807) is 0 Å². The van der Waals surface area contributed by atoms with E-state index in [4.69, 9.17) is 0 Å². The van der Waals surface area contributed by atoms with Gasteiger partial charge in [0.05, 0.1) is 16.9 Å². The lowest BCUT2D eigenvalue weighted by Crippen LogP contribution is -2.06. The summed E-state index contributed by atoms with van der Waals surface area (Å²) in [5, 5.41) is 3.15. The molecule has 1 heterocycles. The maximum Gasteiger partial charge on any atom is 0.416 e. The van der Waals surface area contributed by atoms with Crippen LogP contribution in [0.1, 0.15) is 16.8 Å². The Bertz CT molecular complexity index is 594. The SMILES string of the molecule is Cc1nc(Br)ccc1NCc1ccc(C(F)(F)F)cc1. The van der Waals surface area contributed by atoms with Crippen molar-refractivity contribution in [1.82, 2.24) is 4.98 Å². The fraction of sp³-hybridized carbons (Fsp3) is 0.214.